The summed E-state index contributed by atoms with van der Waals surface area (Å²) in [6, 6.07) is -0.0286. The Bertz CT molecular complexity index is 579. The molecule has 0 radical (unpaired) electrons. The van der Waals surface area contributed by atoms with E-state index in [1.807, 2.05) is 6.92 Å². The summed E-state index contributed by atoms with van der Waals surface area (Å²) < 4.78 is 46.8. The fraction of sp³-hybridized carbons (Fsp3) is 0.923. The van der Waals surface area contributed by atoms with Gasteiger partial charge in [0.1, 0.15) is 9.84 Å². The molecule has 0 aliphatic carbocycles. The number of halogens is 1. The first kappa shape index (κ1) is 26.1. The number of nitrogens with one attached hydrogen (secondary N) is 2. The van der Waals surface area contributed by atoms with Gasteiger partial charge in [-0.2, -0.15) is 0 Å². The van der Waals surface area contributed by atoms with Crippen molar-refractivity contribution in [1.82, 2.24) is 14.9 Å². The largest absolute Gasteiger partial charge is 0.356 e. The van der Waals surface area contributed by atoms with Gasteiger partial charge < -0.3 is 10.6 Å². The molecule has 2 N–H and O–H groups in total. The average molecular weight is 498 g/mol. The lowest BCUT2D eigenvalue weighted by molar-refractivity contribution is 0.461. The quantitative estimate of drug-likeness (QED) is 0.194. The smallest absolute Gasteiger partial charge is 0.213 e. The summed E-state index contributed by atoms with van der Waals surface area (Å²) in [5.74, 6) is 0.794. The Hall–Kier alpha value is -0.140. The molecule has 11 heteroatoms. The zero-order valence-electron chi connectivity index (χ0n) is 15.1. The monoisotopic (exact) mass is 498 g/mol. The Morgan fingerprint density at radius 3 is 2.29 bits per heavy atom. The van der Waals surface area contributed by atoms with Crippen molar-refractivity contribution in [2.24, 2.45) is 4.99 Å². The summed E-state index contributed by atoms with van der Waals surface area (Å²) in [4.78, 5) is 4.07. The summed E-state index contributed by atoms with van der Waals surface area (Å²) in [5, 5.41) is 6.20. The average Bonchev–Trinajstić information content (AvgIpc) is 2.47. The second kappa shape index (κ2) is 12.3. The van der Waals surface area contributed by atoms with Gasteiger partial charge in [0.15, 0.2) is 5.96 Å². The van der Waals surface area contributed by atoms with Gasteiger partial charge in [-0.05, 0) is 26.7 Å². The van der Waals surface area contributed by atoms with Gasteiger partial charge in [-0.15, -0.1) is 24.0 Å². The molecule has 1 unspecified atom stereocenters. The van der Waals surface area contributed by atoms with E-state index in [0.29, 0.717) is 31.9 Å². The first-order chi connectivity index (χ1) is 10.5. The van der Waals surface area contributed by atoms with Crippen molar-refractivity contribution >= 4 is 49.8 Å². The van der Waals surface area contributed by atoms with Crippen LogP contribution in [0.4, 0.5) is 0 Å². The fourth-order valence-electron chi connectivity index (χ4n) is 1.76. The predicted octanol–water partition coefficient (Wildman–Crippen LogP) is 0.264. The number of sulfonamides is 1. The van der Waals surface area contributed by atoms with Crippen LogP contribution in [0.1, 0.15) is 26.7 Å². The third kappa shape index (κ3) is 12.3. The molecule has 1 atom stereocenters. The fourth-order valence-corrected chi connectivity index (χ4v) is 3.39. The molecular weight excluding hydrogens is 467 g/mol. The van der Waals surface area contributed by atoms with Crippen molar-refractivity contribution in [2.45, 2.75) is 32.7 Å². The Balaban J connectivity index is 0. The van der Waals surface area contributed by atoms with E-state index < -0.39 is 19.9 Å². The van der Waals surface area contributed by atoms with Crippen LogP contribution in [0.2, 0.25) is 0 Å². The molecule has 0 spiro atoms. The number of guanidine groups is 1. The molecule has 0 aromatic heterocycles. The summed E-state index contributed by atoms with van der Waals surface area (Å²) in [6.45, 7) is 4.51. The molecule has 0 amide bonds. The summed E-state index contributed by atoms with van der Waals surface area (Å²) in [6.07, 6.45) is 2.36. The number of hydrogen-bond donors (Lipinski definition) is 2. The molecule has 0 aliphatic heterocycles. The molecule has 0 aromatic carbocycles. The van der Waals surface area contributed by atoms with E-state index in [1.165, 1.54) is 10.6 Å². The van der Waals surface area contributed by atoms with Crippen molar-refractivity contribution in [2.75, 3.05) is 44.9 Å². The molecule has 0 bridgehead atoms. The minimum Gasteiger partial charge on any atom is -0.356 e. The third-order valence-corrected chi connectivity index (χ3v) is 6.15. The molecule has 0 aliphatic rings. The van der Waals surface area contributed by atoms with Crippen LogP contribution in [0.5, 0.6) is 0 Å². The topological polar surface area (TPSA) is 108 Å². The van der Waals surface area contributed by atoms with E-state index in [2.05, 4.69) is 15.6 Å². The van der Waals surface area contributed by atoms with Crippen LogP contribution in [0.3, 0.4) is 0 Å². The van der Waals surface area contributed by atoms with Gasteiger partial charge >= 0.3 is 0 Å². The maximum absolute atomic E-state index is 11.6. The van der Waals surface area contributed by atoms with E-state index in [0.717, 1.165) is 0 Å². The van der Waals surface area contributed by atoms with Crippen LogP contribution >= 0.6 is 24.0 Å². The number of nitrogens with zero attached hydrogens (tertiary/aromatic N) is 2. The maximum atomic E-state index is 11.6. The van der Waals surface area contributed by atoms with Gasteiger partial charge in [-0.3, -0.25) is 4.99 Å². The van der Waals surface area contributed by atoms with E-state index in [1.54, 1.807) is 21.0 Å². The molecule has 0 saturated heterocycles. The highest BCUT2D eigenvalue weighted by molar-refractivity contribution is 14.0. The molecule has 0 aromatic rings. The number of aliphatic imine (C=N–C) groups is 1. The van der Waals surface area contributed by atoms with E-state index >= 15 is 0 Å². The molecule has 8 nitrogen and oxygen atoms in total. The summed E-state index contributed by atoms with van der Waals surface area (Å²) in [7, 11) is -2.91. The standard InChI is InChI=1S/C13H30N4O4S2.HI/c1-6-23(20,21)17(4)10-7-9-15-13(14-3)16-12(2)8-11-22(5,18)19;/h12H,6-11H2,1-5H3,(H2,14,15,16);1H. The minimum atomic E-state index is -3.14. The third-order valence-electron chi connectivity index (χ3n) is 3.31. The lowest BCUT2D eigenvalue weighted by Gasteiger charge is -2.19. The number of hydrogen-bond acceptors (Lipinski definition) is 5. The first-order valence-electron chi connectivity index (χ1n) is 7.60. The lowest BCUT2D eigenvalue weighted by atomic mass is 10.3. The highest BCUT2D eigenvalue weighted by Gasteiger charge is 2.14. The second-order valence-electron chi connectivity index (χ2n) is 5.54. The molecule has 0 rings (SSSR count). The van der Waals surface area contributed by atoms with Crippen LogP contribution in [0.15, 0.2) is 4.99 Å². The predicted molar refractivity (Wildman–Crippen MR) is 110 cm³/mol. The minimum absolute atomic E-state index is 0. The Kier molecular flexibility index (Phi) is 13.3. The van der Waals surface area contributed by atoms with Crippen LogP contribution in [0.25, 0.3) is 0 Å². The second-order valence-corrected chi connectivity index (χ2v) is 10.2. The summed E-state index contributed by atoms with van der Waals surface area (Å²) in [5.41, 5.74) is 0. The maximum Gasteiger partial charge on any atom is 0.213 e. The molecule has 0 heterocycles. The van der Waals surface area contributed by atoms with Crippen LogP contribution < -0.4 is 10.6 Å². The lowest BCUT2D eigenvalue weighted by Crippen LogP contribution is -2.43. The van der Waals surface area contributed by atoms with Crippen LogP contribution in [0, 0.1) is 0 Å². The van der Waals surface area contributed by atoms with Gasteiger partial charge in [0.2, 0.25) is 10.0 Å². The number of sulfone groups is 1. The van der Waals surface area contributed by atoms with Crippen molar-refractivity contribution in [3.63, 3.8) is 0 Å². The van der Waals surface area contributed by atoms with E-state index in [9.17, 15) is 16.8 Å². The normalized spacial score (nSPS) is 14.2. The van der Waals surface area contributed by atoms with Gasteiger partial charge in [0.05, 0.1) is 11.5 Å². The first-order valence-corrected chi connectivity index (χ1v) is 11.3. The van der Waals surface area contributed by atoms with Gasteiger partial charge in [0.25, 0.3) is 0 Å². The molecule has 24 heavy (non-hydrogen) atoms. The van der Waals surface area contributed by atoms with Crippen molar-refractivity contribution in [1.29, 1.82) is 0 Å². The van der Waals surface area contributed by atoms with Crippen LogP contribution in [-0.4, -0.2) is 78.1 Å². The summed E-state index contributed by atoms with van der Waals surface area (Å²) >= 11 is 0. The Labute approximate surface area is 163 Å². The molecule has 0 saturated carbocycles. The van der Waals surface area contributed by atoms with Gasteiger partial charge in [0, 0.05) is 39.5 Å². The zero-order chi connectivity index (χ0) is 18.1. The van der Waals surface area contributed by atoms with Gasteiger partial charge in [-0.1, -0.05) is 0 Å². The van der Waals surface area contributed by atoms with E-state index in [-0.39, 0.29) is 41.5 Å². The Morgan fingerprint density at radius 1 is 1.25 bits per heavy atom. The Morgan fingerprint density at radius 2 is 1.83 bits per heavy atom. The van der Waals surface area contributed by atoms with Crippen LogP contribution in [-0.2, 0) is 19.9 Å². The highest BCUT2D eigenvalue weighted by Crippen LogP contribution is 1.98. The van der Waals surface area contributed by atoms with E-state index in [4.69, 9.17) is 0 Å². The molecule has 0 fully saturated rings. The number of rotatable bonds is 10. The highest BCUT2D eigenvalue weighted by atomic mass is 127. The SMILES string of the molecule is CCS(=O)(=O)N(C)CCCNC(=NC)NC(C)CCS(C)(=O)=O.I. The zero-order valence-corrected chi connectivity index (χ0v) is 19.0. The van der Waals surface area contributed by atoms with Gasteiger partial charge in [-0.25, -0.2) is 21.1 Å². The van der Waals surface area contributed by atoms with Crippen molar-refractivity contribution in [3.05, 3.63) is 0 Å². The molecular formula is C13H31IN4O4S2. The van der Waals surface area contributed by atoms with Crippen molar-refractivity contribution in [3.8, 4) is 0 Å². The molecule has 146 valence electrons. The van der Waals surface area contributed by atoms with Crippen molar-refractivity contribution < 1.29 is 16.8 Å².